The van der Waals surface area contributed by atoms with Crippen LogP contribution in [-0.4, -0.2) is 22.8 Å². The first-order chi connectivity index (χ1) is 11.0. The van der Waals surface area contributed by atoms with Crippen molar-refractivity contribution in [2.45, 2.75) is 38.7 Å². The third kappa shape index (κ3) is 3.96. The first-order valence-corrected chi connectivity index (χ1v) is 8.45. The van der Waals surface area contributed by atoms with Crippen LogP contribution in [0.3, 0.4) is 0 Å². The number of carbonyl (C=O) groups is 2. The van der Waals surface area contributed by atoms with E-state index in [2.05, 4.69) is 10.3 Å². The zero-order valence-corrected chi connectivity index (χ0v) is 13.9. The van der Waals surface area contributed by atoms with Crippen LogP contribution in [-0.2, 0) is 4.79 Å². The molecule has 1 heterocycles. The van der Waals surface area contributed by atoms with E-state index in [0.717, 1.165) is 5.69 Å². The summed E-state index contributed by atoms with van der Waals surface area (Å²) in [5.74, 6) is 0.885. The molecular formula is C17H18N2O3S. The fourth-order valence-corrected chi connectivity index (χ4v) is 2.94. The molecule has 1 aliphatic rings. The molecule has 0 bridgehead atoms. The zero-order chi connectivity index (χ0) is 16.4. The van der Waals surface area contributed by atoms with Gasteiger partial charge in [0, 0.05) is 16.9 Å². The molecular weight excluding hydrogens is 312 g/mol. The van der Waals surface area contributed by atoms with E-state index in [1.165, 1.54) is 31.1 Å². The van der Waals surface area contributed by atoms with Crippen LogP contribution in [0, 0.1) is 0 Å². The first kappa shape index (κ1) is 15.7. The number of aromatic nitrogens is 1. The minimum absolute atomic E-state index is 0.00224. The Bertz CT molecular complexity index is 720. The second-order valence-electron chi connectivity index (χ2n) is 5.68. The Morgan fingerprint density at radius 1 is 1.30 bits per heavy atom. The molecule has 1 fully saturated rings. The highest BCUT2D eigenvalue weighted by atomic mass is 32.1. The molecule has 6 heteroatoms. The van der Waals surface area contributed by atoms with Crippen molar-refractivity contribution in [3.63, 3.8) is 0 Å². The molecule has 1 aromatic carbocycles. The van der Waals surface area contributed by atoms with Crippen molar-refractivity contribution in [3.05, 3.63) is 40.9 Å². The molecule has 5 nitrogen and oxygen atoms in total. The Balaban J connectivity index is 1.56. The number of Topliss-reactive ketones (excluding diaryl/α,β-unsaturated/α-hetero) is 1. The summed E-state index contributed by atoms with van der Waals surface area (Å²) in [6.07, 6.45) is 1.73. The number of nitrogens with zero attached hydrogens (tertiary/aromatic N) is 1. The quantitative estimate of drug-likeness (QED) is 0.821. The number of hydrogen-bond donors (Lipinski definition) is 1. The minimum Gasteiger partial charge on any atom is -0.481 e. The lowest BCUT2D eigenvalue weighted by atomic mass is 10.1. The third-order valence-corrected chi connectivity index (χ3v) is 4.47. The summed E-state index contributed by atoms with van der Waals surface area (Å²) in [5.41, 5.74) is 1.68. The van der Waals surface area contributed by atoms with Gasteiger partial charge in [-0.3, -0.25) is 14.9 Å². The largest absolute Gasteiger partial charge is 0.481 e. The van der Waals surface area contributed by atoms with Gasteiger partial charge < -0.3 is 4.74 Å². The van der Waals surface area contributed by atoms with Gasteiger partial charge in [-0.05, 0) is 51.0 Å². The van der Waals surface area contributed by atoms with E-state index in [1.807, 2.05) is 5.38 Å². The van der Waals surface area contributed by atoms with E-state index in [-0.39, 0.29) is 11.7 Å². The number of ketones is 1. The van der Waals surface area contributed by atoms with Gasteiger partial charge in [0.15, 0.2) is 17.0 Å². The molecule has 3 rings (SSSR count). The summed E-state index contributed by atoms with van der Waals surface area (Å²) in [6.45, 7) is 3.19. The average Bonchev–Trinajstić information content (AvgIpc) is 3.28. The Morgan fingerprint density at radius 2 is 2.00 bits per heavy atom. The molecule has 1 N–H and O–H groups in total. The second kappa shape index (κ2) is 6.50. The molecule has 2 aromatic rings. The predicted octanol–water partition coefficient (Wildman–Crippen LogP) is 3.63. The number of anilines is 1. The highest BCUT2D eigenvalue weighted by Crippen LogP contribution is 2.40. The zero-order valence-electron chi connectivity index (χ0n) is 13.0. The van der Waals surface area contributed by atoms with Crippen molar-refractivity contribution in [2.24, 2.45) is 0 Å². The fraction of sp³-hybridized carbons (Fsp3) is 0.353. The lowest BCUT2D eigenvalue weighted by molar-refractivity contribution is -0.122. The molecule has 1 aliphatic carbocycles. The van der Waals surface area contributed by atoms with Crippen LogP contribution >= 0.6 is 11.3 Å². The van der Waals surface area contributed by atoms with E-state index in [9.17, 15) is 9.59 Å². The van der Waals surface area contributed by atoms with Gasteiger partial charge in [0.2, 0.25) is 0 Å². The van der Waals surface area contributed by atoms with Crippen LogP contribution in [0.1, 0.15) is 48.7 Å². The summed E-state index contributed by atoms with van der Waals surface area (Å²) in [5, 5.41) is 5.39. The van der Waals surface area contributed by atoms with Gasteiger partial charge in [0.25, 0.3) is 5.91 Å². The maximum absolute atomic E-state index is 12.2. The smallest absolute Gasteiger partial charge is 0.266 e. The van der Waals surface area contributed by atoms with Crippen LogP contribution in [0.15, 0.2) is 29.6 Å². The summed E-state index contributed by atoms with van der Waals surface area (Å²) >= 11 is 1.44. The van der Waals surface area contributed by atoms with Gasteiger partial charge in [-0.25, -0.2) is 4.98 Å². The normalized spacial score (nSPS) is 15.0. The Kier molecular flexibility index (Phi) is 4.43. The molecule has 1 saturated carbocycles. The number of benzene rings is 1. The van der Waals surface area contributed by atoms with E-state index >= 15 is 0 Å². The highest BCUT2D eigenvalue weighted by molar-refractivity contribution is 7.13. The molecule has 0 aliphatic heterocycles. The Morgan fingerprint density at radius 3 is 2.61 bits per heavy atom. The van der Waals surface area contributed by atoms with Crippen molar-refractivity contribution in [3.8, 4) is 5.75 Å². The number of amides is 1. The van der Waals surface area contributed by atoms with Crippen LogP contribution < -0.4 is 10.1 Å². The van der Waals surface area contributed by atoms with Gasteiger partial charge in [0.1, 0.15) is 5.75 Å². The standard InChI is InChI=1S/C17H18N2O3S/c1-10(20)12-5-7-14(8-6-12)22-11(2)16(21)19-17-18-15(9-23-17)13-3-4-13/h5-9,11,13H,3-4H2,1-2H3,(H,18,19,21)/t11-/m1/s1. The maximum Gasteiger partial charge on any atom is 0.266 e. The monoisotopic (exact) mass is 330 g/mol. The number of thiazole rings is 1. The maximum atomic E-state index is 12.2. The van der Waals surface area contributed by atoms with E-state index in [0.29, 0.717) is 22.4 Å². The van der Waals surface area contributed by atoms with E-state index in [4.69, 9.17) is 4.74 Å². The molecule has 1 amide bonds. The number of ether oxygens (including phenoxy) is 1. The molecule has 23 heavy (non-hydrogen) atoms. The SMILES string of the molecule is CC(=O)c1ccc(O[C@H](C)C(=O)Nc2nc(C3CC3)cs2)cc1. The number of hydrogen-bond acceptors (Lipinski definition) is 5. The van der Waals surface area contributed by atoms with Crippen molar-refractivity contribution >= 4 is 28.2 Å². The van der Waals surface area contributed by atoms with Gasteiger partial charge in [0.05, 0.1) is 5.69 Å². The van der Waals surface area contributed by atoms with Crippen molar-refractivity contribution in [2.75, 3.05) is 5.32 Å². The lowest BCUT2D eigenvalue weighted by Crippen LogP contribution is -2.30. The molecule has 1 aromatic heterocycles. The summed E-state index contributed by atoms with van der Waals surface area (Å²) < 4.78 is 5.60. The van der Waals surface area contributed by atoms with Gasteiger partial charge in [-0.15, -0.1) is 11.3 Å². The van der Waals surface area contributed by atoms with Crippen LogP contribution in [0.4, 0.5) is 5.13 Å². The fourth-order valence-electron chi connectivity index (χ4n) is 2.14. The topological polar surface area (TPSA) is 68.3 Å². The molecule has 0 radical (unpaired) electrons. The summed E-state index contributed by atoms with van der Waals surface area (Å²) in [7, 11) is 0. The third-order valence-electron chi connectivity index (χ3n) is 3.69. The number of rotatable bonds is 6. The van der Waals surface area contributed by atoms with Crippen LogP contribution in [0.5, 0.6) is 5.75 Å². The van der Waals surface area contributed by atoms with Gasteiger partial charge in [-0.1, -0.05) is 0 Å². The van der Waals surface area contributed by atoms with Gasteiger partial charge >= 0.3 is 0 Å². The highest BCUT2D eigenvalue weighted by Gasteiger charge is 2.26. The molecule has 120 valence electrons. The average molecular weight is 330 g/mol. The van der Waals surface area contributed by atoms with Crippen LogP contribution in [0.25, 0.3) is 0 Å². The summed E-state index contributed by atoms with van der Waals surface area (Å²) in [4.78, 5) is 27.8. The minimum atomic E-state index is -0.647. The first-order valence-electron chi connectivity index (χ1n) is 7.57. The molecule has 0 saturated heterocycles. The molecule has 0 spiro atoms. The number of carbonyl (C=O) groups excluding carboxylic acids is 2. The van der Waals surface area contributed by atoms with Crippen molar-refractivity contribution in [1.82, 2.24) is 4.98 Å². The van der Waals surface area contributed by atoms with Crippen molar-refractivity contribution in [1.29, 1.82) is 0 Å². The summed E-state index contributed by atoms with van der Waals surface area (Å²) in [6, 6.07) is 6.75. The molecule has 0 unspecified atom stereocenters. The second-order valence-corrected chi connectivity index (χ2v) is 6.54. The predicted molar refractivity (Wildman–Crippen MR) is 89.3 cm³/mol. The number of nitrogens with one attached hydrogen (secondary N) is 1. The van der Waals surface area contributed by atoms with E-state index in [1.54, 1.807) is 31.2 Å². The van der Waals surface area contributed by atoms with E-state index < -0.39 is 6.10 Å². The van der Waals surface area contributed by atoms with Crippen LogP contribution in [0.2, 0.25) is 0 Å². The lowest BCUT2D eigenvalue weighted by Gasteiger charge is -2.13. The molecule has 1 atom stereocenters. The van der Waals surface area contributed by atoms with Gasteiger partial charge in [-0.2, -0.15) is 0 Å². The Hall–Kier alpha value is -2.21. The van der Waals surface area contributed by atoms with Crippen molar-refractivity contribution < 1.29 is 14.3 Å². The Labute approximate surface area is 138 Å².